The van der Waals surface area contributed by atoms with Gasteiger partial charge in [0.1, 0.15) is 4.88 Å². The molecule has 1 aliphatic rings. The fourth-order valence-electron chi connectivity index (χ4n) is 2.13. The zero-order valence-corrected chi connectivity index (χ0v) is 12.0. The van der Waals surface area contributed by atoms with E-state index < -0.39 is 16.0 Å². The first-order valence-electron chi connectivity index (χ1n) is 5.81. The largest absolute Gasteiger partial charge is 0.477 e. The molecule has 1 aromatic rings. The first-order chi connectivity index (χ1) is 8.86. The predicted molar refractivity (Wildman–Crippen MR) is 70.0 cm³/mol. The van der Waals surface area contributed by atoms with Gasteiger partial charge in [0.25, 0.3) is 0 Å². The van der Waals surface area contributed by atoms with E-state index in [2.05, 4.69) is 0 Å². The molecule has 1 aliphatic heterocycles. The number of hydrogen-bond acceptors (Lipinski definition) is 5. The quantitative estimate of drug-likeness (QED) is 0.856. The Labute approximate surface area is 115 Å². The molecule has 0 amide bonds. The van der Waals surface area contributed by atoms with E-state index in [-0.39, 0.29) is 28.8 Å². The molecular weight excluding hydrogens is 290 g/mol. The van der Waals surface area contributed by atoms with Gasteiger partial charge in [0, 0.05) is 24.6 Å². The van der Waals surface area contributed by atoms with E-state index in [0.717, 1.165) is 11.3 Å². The number of aromatic carboxylic acids is 1. The minimum Gasteiger partial charge on any atom is -0.477 e. The van der Waals surface area contributed by atoms with Crippen molar-refractivity contribution in [2.24, 2.45) is 5.92 Å². The Morgan fingerprint density at radius 3 is 2.74 bits per heavy atom. The summed E-state index contributed by atoms with van der Waals surface area (Å²) in [6.07, 6.45) is 0.630. The molecule has 0 bridgehead atoms. The minimum atomic E-state index is -3.66. The maximum absolute atomic E-state index is 12.4. The highest BCUT2D eigenvalue weighted by Crippen LogP contribution is 2.31. The average Bonchev–Trinajstić information content (AvgIpc) is 2.95. The molecule has 0 aromatic carbocycles. The number of aliphatic hydroxyl groups is 1. The van der Waals surface area contributed by atoms with Crippen molar-refractivity contribution in [2.45, 2.75) is 18.2 Å². The summed E-state index contributed by atoms with van der Waals surface area (Å²) in [4.78, 5) is 11.4. The lowest BCUT2D eigenvalue weighted by molar-refractivity contribution is 0.0702. The predicted octanol–water partition coefficient (Wildman–Crippen LogP) is 0.758. The molecule has 8 heteroatoms. The highest BCUT2D eigenvalue weighted by atomic mass is 32.2. The number of aryl methyl sites for hydroxylation is 1. The van der Waals surface area contributed by atoms with E-state index >= 15 is 0 Å². The molecule has 1 aromatic heterocycles. The smallest absolute Gasteiger partial charge is 0.345 e. The molecule has 0 aliphatic carbocycles. The number of carbonyl (C=O) groups is 1. The van der Waals surface area contributed by atoms with Crippen LogP contribution in [0.25, 0.3) is 0 Å². The SMILES string of the molecule is Cc1sc(C(=O)O)cc1S(=O)(=O)N1CCC(CO)C1. The molecule has 1 saturated heterocycles. The van der Waals surface area contributed by atoms with Crippen LogP contribution in [0.3, 0.4) is 0 Å². The Balaban J connectivity index is 2.32. The monoisotopic (exact) mass is 305 g/mol. The van der Waals surface area contributed by atoms with Gasteiger partial charge in [-0.1, -0.05) is 0 Å². The maximum atomic E-state index is 12.4. The molecule has 1 fully saturated rings. The molecule has 0 saturated carbocycles. The molecule has 6 nitrogen and oxygen atoms in total. The highest BCUT2D eigenvalue weighted by molar-refractivity contribution is 7.89. The van der Waals surface area contributed by atoms with Gasteiger partial charge in [-0.25, -0.2) is 13.2 Å². The second-order valence-electron chi connectivity index (χ2n) is 4.54. The second-order valence-corrected chi connectivity index (χ2v) is 7.70. The number of thiophene rings is 1. The van der Waals surface area contributed by atoms with Crippen molar-refractivity contribution < 1.29 is 23.4 Å². The summed E-state index contributed by atoms with van der Waals surface area (Å²) in [5.74, 6) is -1.16. The van der Waals surface area contributed by atoms with E-state index in [1.807, 2.05) is 0 Å². The number of nitrogens with zero attached hydrogens (tertiary/aromatic N) is 1. The van der Waals surface area contributed by atoms with Crippen LogP contribution < -0.4 is 0 Å². The van der Waals surface area contributed by atoms with Crippen LogP contribution in [0.2, 0.25) is 0 Å². The normalized spacial score (nSPS) is 20.8. The number of sulfonamides is 1. The fourth-order valence-corrected chi connectivity index (χ4v) is 5.06. The van der Waals surface area contributed by atoms with Crippen molar-refractivity contribution in [1.29, 1.82) is 0 Å². The van der Waals surface area contributed by atoms with Crippen molar-refractivity contribution in [3.63, 3.8) is 0 Å². The lowest BCUT2D eigenvalue weighted by Crippen LogP contribution is -2.29. The van der Waals surface area contributed by atoms with Crippen LogP contribution in [0.15, 0.2) is 11.0 Å². The van der Waals surface area contributed by atoms with Gasteiger partial charge in [-0.15, -0.1) is 11.3 Å². The van der Waals surface area contributed by atoms with Gasteiger partial charge in [-0.2, -0.15) is 4.31 Å². The second kappa shape index (κ2) is 5.20. The number of carboxylic acid groups (broad SMARTS) is 1. The molecule has 106 valence electrons. The highest BCUT2D eigenvalue weighted by Gasteiger charge is 2.34. The van der Waals surface area contributed by atoms with E-state index in [1.54, 1.807) is 6.92 Å². The van der Waals surface area contributed by atoms with Gasteiger partial charge in [0.15, 0.2) is 0 Å². The standard InChI is InChI=1S/C11H15NO5S2/c1-7-10(4-9(18-7)11(14)15)19(16,17)12-3-2-8(5-12)6-13/h4,8,13H,2-3,5-6H2,1H3,(H,14,15). The van der Waals surface area contributed by atoms with Crippen LogP contribution in [0, 0.1) is 12.8 Å². The Hall–Kier alpha value is -0.960. The summed E-state index contributed by atoms with van der Waals surface area (Å²) < 4.78 is 26.1. The van der Waals surface area contributed by atoms with Crippen LogP contribution in [-0.2, 0) is 10.0 Å². The van der Waals surface area contributed by atoms with Crippen LogP contribution in [0.4, 0.5) is 0 Å². The van der Waals surface area contributed by atoms with E-state index in [9.17, 15) is 13.2 Å². The van der Waals surface area contributed by atoms with E-state index in [0.29, 0.717) is 17.8 Å². The van der Waals surface area contributed by atoms with Crippen LogP contribution in [-0.4, -0.2) is 48.6 Å². The van der Waals surface area contributed by atoms with Gasteiger partial charge in [0.05, 0.1) is 4.90 Å². The van der Waals surface area contributed by atoms with Crippen molar-refractivity contribution in [2.75, 3.05) is 19.7 Å². The molecule has 19 heavy (non-hydrogen) atoms. The summed E-state index contributed by atoms with van der Waals surface area (Å²) in [7, 11) is -3.66. The third-order valence-corrected chi connectivity index (χ3v) is 6.37. The van der Waals surface area contributed by atoms with Gasteiger partial charge >= 0.3 is 5.97 Å². The van der Waals surface area contributed by atoms with Crippen molar-refractivity contribution >= 4 is 27.3 Å². The summed E-state index contributed by atoms with van der Waals surface area (Å²) in [6, 6.07) is 1.21. The van der Waals surface area contributed by atoms with Crippen LogP contribution >= 0.6 is 11.3 Å². The Morgan fingerprint density at radius 1 is 1.58 bits per heavy atom. The summed E-state index contributed by atoms with van der Waals surface area (Å²) in [6.45, 7) is 2.22. The van der Waals surface area contributed by atoms with E-state index in [4.69, 9.17) is 10.2 Å². The summed E-state index contributed by atoms with van der Waals surface area (Å²) in [5.41, 5.74) is 0. The van der Waals surface area contributed by atoms with Crippen LogP contribution in [0.1, 0.15) is 21.0 Å². The Morgan fingerprint density at radius 2 is 2.26 bits per heavy atom. The van der Waals surface area contributed by atoms with Gasteiger partial charge in [-0.3, -0.25) is 0 Å². The van der Waals surface area contributed by atoms with Crippen molar-refractivity contribution in [3.8, 4) is 0 Å². The average molecular weight is 305 g/mol. The molecule has 2 heterocycles. The first kappa shape index (κ1) is 14.4. The number of aliphatic hydroxyl groups excluding tert-OH is 1. The zero-order chi connectivity index (χ0) is 14.2. The molecular formula is C11H15NO5S2. The molecule has 1 unspecified atom stereocenters. The van der Waals surface area contributed by atoms with Crippen molar-refractivity contribution in [3.05, 3.63) is 15.8 Å². The number of hydrogen-bond donors (Lipinski definition) is 2. The Bertz CT molecular complexity index is 592. The lowest BCUT2D eigenvalue weighted by atomic mass is 10.1. The fraction of sp³-hybridized carbons (Fsp3) is 0.545. The number of carboxylic acids is 1. The zero-order valence-electron chi connectivity index (χ0n) is 10.4. The Kier molecular flexibility index (Phi) is 3.95. The molecule has 2 rings (SSSR count). The minimum absolute atomic E-state index is 0.0222. The first-order valence-corrected chi connectivity index (χ1v) is 8.06. The number of rotatable bonds is 4. The lowest BCUT2D eigenvalue weighted by Gasteiger charge is -2.15. The van der Waals surface area contributed by atoms with Gasteiger partial charge in [-0.05, 0) is 25.3 Å². The third-order valence-electron chi connectivity index (χ3n) is 3.21. The van der Waals surface area contributed by atoms with Gasteiger partial charge < -0.3 is 10.2 Å². The maximum Gasteiger partial charge on any atom is 0.345 e. The van der Waals surface area contributed by atoms with Crippen molar-refractivity contribution in [1.82, 2.24) is 4.31 Å². The third kappa shape index (κ3) is 2.66. The molecule has 0 radical (unpaired) electrons. The topological polar surface area (TPSA) is 94.9 Å². The van der Waals surface area contributed by atoms with E-state index in [1.165, 1.54) is 10.4 Å². The van der Waals surface area contributed by atoms with Gasteiger partial charge in [0.2, 0.25) is 10.0 Å². The van der Waals surface area contributed by atoms with Crippen LogP contribution in [0.5, 0.6) is 0 Å². The summed E-state index contributed by atoms with van der Waals surface area (Å²) >= 11 is 0.960. The molecule has 2 N–H and O–H groups in total. The molecule has 1 atom stereocenters. The molecule has 0 spiro atoms. The summed E-state index contributed by atoms with van der Waals surface area (Å²) in [5, 5.41) is 18.0.